The smallest absolute Gasteiger partial charge is 0.220 e. The van der Waals surface area contributed by atoms with E-state index in [0.29, 0.717) is 6.42 Å². The lowest BCUT2D eigenvalue weighted by Gasteiger charge is -2.20. The summed E-state index contributed by atoms with van der Waals surface area (Å²) >= 11 is 0. The molecule has 0 aliphatic carbocycles. The summed E-state index contributed by atoms with van der Waals surface area (Å²) in [4.78, 5) is 12.6. The predicted octanol–water partition coefficient (Wildman–Crippen LogP) is 25.9. The fourth-order valence-electron chi connectivity index (χ4n) is 12.2. The van der Waals surface area contributed by atoms with Crippen LogP contribution in [0, 0.1) is 0 Å². The molecule has 2 atom stereocenters. The van der Waals surface area contributed by atoms with Gasteiger partial charge in [0.2, 0.25) is 5.91 Å². The second kappa shape index (κ2) is 72.9. The zero-order valence-electron chi connectivity index (χ0n) is 55.6. The Morgan fingerprint density at radius 2 is 0.506 bits per heavy atom. The SMILES string of the molecule is CCCCCCC/C=C\C/C=C\CCCCCCCCCCCCCCCCCCCCCCCCCCCCCCCC(=O)NC(CO)C(O)/C=C/CCCCCCCCCCCCCCCCCCCCCCCCCCCC. The molecule has 0 aromatic heterocycles. The molecule has 0 aromatic rings. The number of hydrogen-bond donors (Lipinski definition) is 3. The summed E-state index contributed by atoms with van der Waals surface area (Å²) in [6, 6.07) is -0.622. The van der Waals surface area contributed by atoms with E-state index < -0.39 is 12.1 Å². The summed E-state index contributed by atoms with van der Waals surface area (Å²) in [5.74, 6) is -0.0538. The van der Waals surface area contributed by atoms with Crippen molar-refractivity contribution in [3.8, 4) is 0 Å². The van der Waals surface area contributed by atoms with Crippen molar-refractivity contribution in [1.82, 2.24) is 5.32 Å². The van der Waals surface area contributed by atoms with Crippen molar-refractivity contribution in [2.75, 3.05) is 6.61 Å². The molecule has 4 heteroatoms. The lowest BCUT2D eigenvalue weighted by atomic mass is 10.0. The molecule has 0 aliphatic heterocycles. The average molecular weight is 1140 g/mol. The zero-order valence-corrected chi connectivity index (χ0v) is 55.6. The van der Waals surface area contributed by atoms with Gasteiger partial charge in [0.15, 0.2) is 0 Å². The van der Waals surface area contributed by atoms with Crippen LogP contribution >= 0.6 is 0 Å². The Kier molecular flexibility index (Phi) is 71.6. The zero-order chi connectivity index (χ0) is 58.4. The fourth-order valence-corrected chi connectivity index (χ4v) is 12.2. The van der Waals surface area contributed by atoms with Crippen LogP contribution in [0.4, 0.5) is 0 Å². The first kappa shape index (κ1) is 79.6. The molecule has 0 radical (unpaired) electrons. The molecular formula is C77H149NO3. The Balaban J connectivity index is 3.38. The van der Waals surface area contributed by atoms with E-state index in [-0.39, 0.29) is 12.5 Å². The minimum atomic E-state index is -0.839. The van der Waals surface area contributed by atoms with Gasteiger partial charge >= 0.3 is 0 Å². The minimum Gasteiger partial charge on any atom is -0.394 e. The quantitative estimate of drug-likeness (QED) is 0.0420. The van der Waals surface area contributed by atoms with E-state index in [1.54, 1.807) is 6.08 Å². The summed E-state index contributed by atoms with van der Waals surface area (Å²) in [6.07, 6.45) is 101. The fraction of sp³-hybridized carbons (Fsp3) is 0.909. The molecule has 3 N–H and O–H groups in total. The summed E-state index contributed by atoms with van der Waals surface area (Å²) in [7, 11) is 0. The van der Waals surface area contributed by atoms with E-state index in [1.807, 2.05) is 6.08 Å². The number of hydrogen-bond acceptors (Lipinski definition) is 3. The van der Waals surface area contributed by atoms with Crippen LogP contribution in [0.25, 0.3) is 0 Å². The highest BCUT2D eigenvalue weighted by atomic mass is 16.3. The van der Waals surface area contributed by atoms with Crippen molar-refractivity contribution in [2.24, 2.45) is 0 Å². The molecule has 480 valence electrons. The number of carbonyl (C=O) groups is 1. The largest absolute Gasteiger partial charge is 0.394 e. The molecule has 1 amide bonds. The monoisotopic (exact) mass is 1140 g/mol. The summed E-state index contributed by atoms with van der Waals surface area (Å²) in [6.45, 7) is 4.35. The van der Waals surface area contributed by atoms with Gasteiger partial charge in [0.25, 0.3) is 0 Å². The van der Waals surface area contributed by atoms with E-state index in [9.17, 15) is 15.0 Å². The molecular weight excluding hydrogens is 987 g/mol. The Labute approximate surface area is 510 Å². The standard InChI is InChI=1S/C77H149NO3/c1-3-5-7-9-11-13-15-17-19-21-23-25-27-29-31-33-34-35-36-37-38-39-40-41-42-43-44-45-47-49-51-53-55-57-59-61-63-65-67-69-71-73-77(81)78-75(74-79)76(80)72-70-68-66-64-62-60-58-56-54-52-50-48-46-32-30-28-26-24-22-20-18-16-14-12-10-8-6-4-2/h15,17,21,23,70,72,75-76,79-80H,3-14,16,18-20,22,24-69,71,73-74H2,1-2H3,(H,78,81)/b17-15-,23-21-,72-70+. The number of unbranched alkanes of at least 4 members (excludes halogenated alkanes) is 60. The van der Waals surface area contributed by atoms with Gasteiger partial charge in [-0.25, -0.2) is 0 Å². The van der Waals surface area contributed by atoms with Crippen LogP contribution in [0.3, 0.4) is 0 Å². The third kappa shape index (κ3) is 69.3. The second-order valence-electron chi connectivity index (χ2n) is 26.1. The predicted molar refractivity (Wildman–Crippen MR) is 364 cm³/mol. The molecule has 0 aromatic carbocycles. The average Bonchev–Trinajstić information content (AvgIpc) is 3.47. The van der Waals surface area contributed by atoms with Crippen LogP contribution < -0.4 is 5.32 Å². The Bertz CT molecular complexity index is 1240. The van der Waals surface area contributed by atoms with Crippen molar-refractivity contribution in [3.05, 3.63) is 36.5 Å². The molecule has 0 spiro atoms. The molecule has 0 bridgehead atoms. The van der Waals surface area contributed by atoms with Crippen molar-refractivity contribution in [1.29, 1.82) is 0 Å². The van der Waals surface area contributed by atoms with Gasteiger partial charge in [0, 0.05) is 6.42 Å². The van der Waals surface area contributed by atoms with Crippen molar-refractivity contribution in [2.45, 2.75) is 443 Å². The van der Waals surface area contributed by atoms with Gasteiger partial charge in [-0.2, -0.15) is 0 Å². The third-order valence-corrected chi connectivity index (χ3v) is 17.9. The lowest BCUT2D eigenvalue weighted by Crippen LogP contribution is -2.45. The van der Waals surface area contributed by atoms with Crippen LogP contribution in [-0.2, 0) is 4.79 Å². The molecule has 0 saturated heterocycles. The Morgan fingerprint density at radius 1 is 0.296 bits per heavy atom. The van der Waals surface area contributed by atoms with E-state index in [1.165, 1.54) is 379 Å². The number of aliphatic hydroxyl groups excluding tert-OH is 2. The maximum atomic E-state index is 12.6. The van der Waals surface area contributed by atoms with Gasteiger partial charge < -0.3 is 15.5 Å². The molecule has 0 rings (SSSR count). The van der Waals surface area contributed by atoms with Crippen LogP contribution in [0.1, 0.15) is 431 Å². The number of rotatable bonds is 71. The molecule has 0 heterocycles. The van der Waals surface area contributed by atoms with E-state index in [0.717, 1.165) is 32.1 Å². The maximum absolute atomic E-state index is 12.6. The van der Waals surface area contributed by atoms with E-state index in [4.69, 9.17) is 0 Å². The lowest BCUT2D eigenvalue weighted by molar-refractivity contribution is -0.123. The first-order valence-electron chi connectivity index (χ1n) is 37.7. The molecule has 0 saturated carbocycles. The third-order valence-electron chi connectivity index (χ3n) is 17.9. The van der Waals surface area contributed by atoms with Crippen molar-refractivity contribution in [3.63, 3.8) is 0 Å². The number of amides is 1. The highest BCUT2D eigenvalue weighted by molar-refractivity contribution is 5.76. The van der Waals surface area contributed by atoms with Crippen molar-refractivity contribution >= 4 is 5.91 Å². The first-order valence-corrected chi connectivity index (χ1v) is 37.7. The van der Waals surface area contributed by atoms with Crippen molar-refractivity contribution < 1.29 is 15.0 Å². The van der Waals surface area contributed by atoms with E-state index >= 15 is 0 Å². The number of nitrogens with one attached hydrogen (secondary N) is 1. The normalized spacial score (nSPS) is 12.8. The van der Waals surface area contributed by atoms with Crippen LogP contribution in [0.15, 0.2) is 36.5 Å². The molecule has 2 unspecified atom stereocenters. The number of carbonyl (C=O) groups excluding carboxylic acids is 1. The van der Waals surface area contributed by atoms with Gasteiger partial charge in [0.05, 0.1) is 18.8 Å². The van der Waals surface area contributed by atoms with Crippen LogP contribution in [0.5, 0.6) is 0 Å². The number of allylic oxidation sites excluding steroid dienone is 5. The molecule has 4 nitrogen and oxygen atoms in total. The van der Waals surface area contributed by atoms with Gasteiger partial charge in [-0.15, -0.1) is 0 Å². The van der Waals surface area contributed by atoms with Crippen LogP contribution in [0.2, 0.25) is 0 Å². The highest BCUT2D eigenvalue weighted by Gasteiger charge is 2.18. The number of aliphatic hydroxyl groups is 2. The maximum Gasteiger partial charge on any atom is 0.220 e. The Hall–Kier alpha value is -1.39. The summed E-state index contributed by atoms with van der Waals surface area (Å²) in [5.41, 5.74) is 0. The Morgan fingerprint density at radius 3 is 0.741 bits per heavy atom. The highest BCUT2D eigenvalue weighted by Crippen LogP contribution is 2.20. The van der Waals surface area contributed by atoms with Crippen LogP contribution in [-0.4, -0.2) is 34.9 Å². The summed E-state index contributed by atoms with van der Waals surface area (Å²) in [5, 5.41) is 23.3. The first-order chi connectivity index (χ1) is 40.2. The topological polar surface area (TPSA) is 69.6 Å². The van der Waals surface area contributed by atoms with Gasteiger partial charge in [0.1, 0.15) is 0 Å². The second-order valence-corrected chi connectivity index (χ2v) is 26.1. The molecule has 81 heavy (non-hydrogen) atoms. The minimum absolute atomic E-state index is 0.0538. The molecule has 0 aliphatic rings. The van der Waals surface area contributed by atoms with Gasteiger partial charge in [-0.3, -0.25) is 4.79 Å². The van der Waals surface area contributed by atoms with Gasteiger partial charge in [-0.1, -0.05) is 410 Å². The van der Waals surface area contributed by atoms with Gasteiger partial charge in [-0.05, 0) is 51.4 Å². The summed E-state index contributed by atoms with van der Waals surface area (Å²) < 4.78 is 0. The van der Waals surface area contributed by atoms with E-state index in [2.05, 4.69) is 43.5 Å². The molecule has 0 fully saturated rings.